The molecule has 3 heteroatoms. The molecule has 1 N–H and O–H groups in total. The van der Waals surface area contributed by atoms with Crippen LogP contribution in [-0.4, -0.2) is 32.1 Å². The molecule has 3 rings (SSSR count). The van der Waals surface area contributed by atoms with Crippen LogP contribution in [0.4, 0.5) is 0 Å². The van der Waals surface area contributed by atoms with Crippen LogP contribution in [0.3, 0.4) is 0 Å². The van der Waals surface area contributed by atoms with E-state index in [9.17, 15) is 0 Å². The Labute approximate surface area is 107 Å². The van der Waals surface area contributed by atoms with E-state index >= 15 is 0 Å². The zero-order valence-electron chi connectivity index (χ0n) is 10.0. The summed E-state index contributed by atoms with van der Waals surface area (Å²) < 4.78 is 5.91. The van der Waals surface area contributed by atoms with Gasteiger partial charge in [0.05, 0.1) is 13.2 Å². The lowest BCUT2D eigenvalue weighted by Crippen LogP contribution is -2.16. The minimum atomic E-state index is 0.602. The van der Waals surface area contributed by atoms with E-state index in [-0.39, 0.29) is 0 Å². The summed E-state index contributed by atoms with van der Waals surface area (Å²) in [5.41, 5.74) is 1.49. The molecule has 0 spiro atoms. The lowest BCUT2D eigenvalue weighted by atomic mass is 10.0. The second-order valence-corrected chi connectivity index (χ2v) is 6.00. The molecule has 0 aliphatic carbocycles. The van der Waals surface area contributed by atoms with Gasteiger partial charge in [-0.2, -0.15) is 0 Å². The van der Waals surface area contributed by atoms with Crippen LogP contribution < -0.4 is 5.32 Å². The first kappa shape index (κ1) is 11.6. The normalized spacial score (nSPS) is 27.3. The summed E-state index contributed by atoms with van der Waals surface area (Å²) in [7, 11) is 0. The Morgan fingerprint density at radius 1 is 1.29 bits per heavy atom. The molecule has 92 valence electrons. The molecule has 0 bridgehead atoms. The van der Waals surface area contributed by atoms with E-state index in [1.807, 2.05) is 11.8 Å². The molecule has 2 unspecified atom stereocenters. The topological polar surface area (TPSA) is 21.3 Å². The van der Waals surface area contributed by atoms with Crippen molar-refractivity contribution in [3.63, 3.8) is 0 Å². The number of rotatable bonds is 4. The molecule has 2 aliphatic rings. The van der Waals surface area contributed by atoms with Crippen molar-refractivity contribution in [2.45, 2.75) is 17.2 Å². The maximum atomic E-state index is 5.91. The minimum absolute atomic E-state index is 0.602. The number of hydrogen-bond donors (Lipinski definition) is 1. The number of ether oxygens (including phenoxy) is 1. The molecule has 2 atom stereocenters. The van der Waals surface area contributed by atoms with Crippen molar-refractivity contribution in [1.29, 1.82) is 0 Å². The molecule has 1 aromatic rings. The Morgan fingerprint density at radius 2 is 2.24 bits per heavy atom. The second kappa shape index (κ2) is 5.42. The highest BCUT2D eigenvalue weighted by atomic mass is 32.2. The van der Waals surface area contributed by atoms with Gasteiger partial charge in [-0.1, -0.05) is 18.2 Å². The summed E-state index contributed by atoms with van der Waals surface area (Å²) in [6.07, 6.45) is 1.27. The third-order valence-electron chi connectivity index (χ3n) is 3.63. The summed E-state index contributed by atoms with van der Waals surface area (Å²) in [6, 6.07) is 8.74. The molecule has 1 saturated heterocycles. The molecule has 1 aromatic carbocycles. The van der Waals surface area contributed by atoms with Crippen molar-refractivity contribution < 1.29 is 4.74 Å². The fourth-order valence-corrected chi connectivity index (χ4v) is 3.83. The van der Waals surface area contributed by atoms with E-state index < -0.39 is 0 Å². The summed E-state index contributed by atoms with van der Waals surface area (Å²) in [5, 5.41) is 3.38. The summed E-state index contributed by atoms with van der Waals surface area (Å²) >= 11 is 1.97. The lowest BCUT2D eigenvalue weighted by Gasteiger charge is -2.14. The average molecular weight is 249 g/mol. The first-order valence-corrected chi connectivity index (χ1v) is 7.42. The largest absolute Gasteiger partial charge is 0.380 e. The number of thioether (sulfide) groups is 1. The number of fused-ring (bicyclic) bond motifs is 1. The van der Waals surface area contributed by atoms with Gasteiger partial charge in [0.15, 0.2) is 0 Å². The summed E-state index contributed by atoms with van der Waals surface area (Å²) in [4.78, 5) is 1.45. The van der Waals surface area contributed by atoms with E-state index in [1.54, 1.807) is 0 Å². The smallest absolute Gasteiger partial charge is 0.0543 e. The van der Waals surface area contributed by atoms with Crippen LogP contribution in [0.15, 0.2) is 29.2 Å². The van der Waals surface area contributed by atoms with Crippen molar-refractivity contribution in [2.24, 2.45) is 5.92 Å². The molecule has 0 radical (unpaired) electrons. The first-order chi connectivity index (χ1) is 8.43. The molecule has 17 heavy (non-hydrogen) atoms. The van der Waals surface area contributed by atoms with Gasteiger partial charge < -0.3 is 10.1 Å². The molecule has 2 aliphatic heterocycles. The predicted molar refractivity (Wildman–Crippen MR) is 71.7 cm³/mol. The monoisotopic (exact) mass is 249 g/mol. The fraction of sp³-hybridized carbons (Fsp3) is 0.571. The third kappa shape index (κ3) is 2.67. The number of hydrogen-bond acceptors (Lipinski definition) is 3. The van der Waals surface area contributed by atoms with Crippen LogP contribution in [0.5, 0.6) is 0 Å². The SMILES string of the molecule is c1ccc2c(c1)SCC2COCC1CCNC1. The van der Waals surface area contributed by atoms with E-state index in [0.717, 1.165) is 32.2 Å². The highest BCUT2D eigenvalue weighted by Crippen LogP contribution is 2.39. The van der Waals surface area contributed by atoms with E-state index in [2.05, 4.69) is 29.6 Å². The van der Waals surface area contributed by atoms with Crippen LogP contribution in [0, 0.1) is 5.92 Å². The molecule has 2 heterocycles. The van der Waals surface area contributed by atoms with Gasteiger partial charge in [-0.15, -0.1) is 11.8 Å². The van der Waals surface area contributed by atoms with Crippen molar-refractivity contribution in [2.75, 3.05) is 32.1 Å². The average Bonchev–Trinajstić information content (AvgIpc) is 2.99. The zero-order valence-corrected chi connectivity index (χ0v) is 10.8. The van der Waals surface area contributed by atoms with Crippen LogP contribution >= 0.6 is 11.8 Å². The van der Waals surface area contributed by atoms with Gasteiger partial charge in [-0.3, -0.25) is 0 Å². The Hall–Kier alpha value is -0.510. The Balaban J connectivity index is 1.50. The van der Waals surface area contributed by atoms with Crippen molar-refractivity contribution in [1.82, 2.24) is 5.32 Å². The van der Waals surface area contributed by atoms with Gasteiger partial charge in [0, 0.05) is 23.1 Å². The molecule has 1 fully saturated rings. The van der Waals surface area contributed by atoms with E-state index in [4.69, 9.17) is 4.74 Å². The van der Waals surface area contributed by atoms with Crippen molar-refractivity contribution in [3.8, 4) is 0 Å². The van der Waals surface area contributed by atoms with E-state index in [1.165, 1.54) is 22.6 Å². The molecular weight excluding hydrogens is 230 g/mol. The quantitative estimate of drug-likeness (QED) is 0.886. The highest BCUT2D eigenvalue weighted by molar-refractivity contribution is 7.99. The van der Waals surface area contributed by atoms with Crippen LogP contribution in [0.1, 0.15) is 17.9 Å². The maximum absolute atomic E-state index is 5.91. The fourth-order valence-electron chi connectivity index (χ4n) is 2.60. The maximum Gasteiger partial charge on any atom is 0.0543 e. The number of nitrogens with one attached hydrogen (secondary N) is 1. The van der Waals surface area contributed by atoms with Gasteiger partial charge in [0.2, 0.25) is 0 Å². The molecular formula is C14H19NOS. The van der Waals surface area contributed by atoms with Gasteiger partial charge in [-0.05, 0) is 30.5 Å². The van der Waals surface area contributed by atoms with Crippen LogP contribution in [0.25, 0.3) is 0 Å². The second-order valence-electron chi connectivity index (χ2n) is 4.94. The van der Waals surface area contributed by atoms with Crippen LogP contribution in [0.2, 0.25) is 0 Å². The predicted octanol–water partition coefficient (Wildman–Crippen LogP) is 2.50. The lowest BCUT2D eigenvalue weighted by molar-refractivity contribution is 0.0969. The standard InChI is InChI=1S/C14H19NOS/c1-2-4-14-13(3-1)12(10-17-14)9-16-8-11-5-6-15-7-11/h1-4,11-12,15H,5-10H2. The van der Waals surface area contributed by atoms with Crippen molar-refractivity contribution >= 4 is 11.8 Å². The zero-order chi connectivity index (χ0) is 11.5. The molecule has 2 nitrogen and oxygen atoms in total. The van der Waals surface area contributed by atoms with E-state index in [0.29, 0.717) is 5.92 Å². The summed E-state index contributed by atoms with van der Waals surface area (Å²) in [5.74, 6) is 2.52. The molecule has 0 amide bonds. The van der Waals surface area contributed by atoms with Gasteiger partial charge >= 0.3 is 0 Å². The first-order valence-electron chi connectivity index (χ1n) is 6.43. The summed E-state index contributed by atoms with van der Waals surface area (Å²) in [6.45, 7) is 4.11. The third-order valence-corrected chi connectivity index (χ3v) is 4.89. The van der Waals surface area contributed by atoms with Gasteiger partial charge in [-0.25, -0.2) is 0 Å². The number of benzene rings is 1. The minimum Gasteiger partial charge on any atom is -0.380 e. The Kier molecular flexibility index (Phi) is 3.69. The molecule has 0 aromatic heterocycles. The Bertz CT molecular complexity index is 376. The Morgan fingerprint density at radius 3 is 3.12 bits per heavy atom. The molecule has 0 saturated carbocycles. The van der Waals surface area contributed by atoms with Crippen LogP contribution in [-0.2, 0) is 4.74 Å². The highest BCUT2D eigenvalue weighted by Gasteiger charge is 2.23. The van der Waals surface area contributed by atoms with Crippen molar-refractivity contribution in [3.05, 3.63) is 29.8 Å². The van der Waals surface area contributed by atoms with Gasteiger partial charge in [0.25, 0.3) is 0 Å². The van der Waals surface area contributed by atoms with Gasteiger partial charge in [0.1, 0.15) is 0 Å².